The number of amides is 3. The highest BCUT2D eigenvalue weighted by atomic mass is 32.2. The highest BCUT2D eigenvalue weighted by Crippen LogP contribution is 2.54. The van der Waals surface area contributed by atoms with Crippen LogP contribution in [0.3, 0.4) is 0 Å². The smallest absolute Gasteiger partial charge is 0.308 e. The van der Waals surface area contributed by atoms with Crippen LogP contribution in [0.4, 0.5) is 15.8 Å². The van der Waals surface area contributed by atoms with Crippen LogP contribution in [0.15, 0.2) is 101 Å². The summed E-state index contributed by atoms with van der Waals surface area (Å²) in [7, 11) is 0. The number of anilines is 2. The number of benzene rings is 4. The summed E-state index contributed by atoms with van der Waals surface area (Å²) in [6.07, 6.45) is 0. The number of hydrogen-bond donors (Lipinski definition) is 1. The van der Waals surface area contributed by atoms with E-state index in [1.54, 1.807) is 0 Å². The van der Waals surface area contributed by atoms with Crippen LogP contribution in [0.5, 0.6) is 0 Å². The summed E-state index contributed by atoms with van der Waals surface area (Å²) < 4.78 is 15.2. The molecule has 7 rings (SSSR count). The summed E-state index contributed by atoms with van der Waals surface area (Å²) in [5.74, 6) is -3.05. The van der Waals surface area contributed by atoms with Crippen molar-refractivity contribution in [2.75, 3.05) is 10.2 Å². The molecule has 7 nitrogen and oxygen atoms in total. The van der Waals surface area contributed by atoms with E-state index in [9.17, 15) is 23.6 Å². The molecule has 3 heterocycles. The minimum Gasteiger partial charge on any atom is -0.324 e. The predicted molar refractivity (Wildman–Crippen MR) is 180 cm³/mol. The number of imide groups is 1. The van der Waals surface area contributed by atoms with Crippen molar-refractivity contribution in [3.05, 3.63) is 122 Å². The lowest BCUT2D eigenvalue weighted by atomic mass is 9.81. The zero-order chi connectivity index (χ0) is 32.3. The number of carbonyl (C=O) groups is 3. The summed E-state index contributed by atoms with van der Waals surface area (Å²) in [6, 6.07) is 26.6. The number of thioether (sulfide) groups is 1. The molecule has 1 N–H and O–H groups in total. The zero-order valence-corrected chi connectivity index (χ0v) is 27.0. The first kappa shape index (κ1) is 30.1. The maximum atomic E-state index is 14.1. The van der Waals surface area contributed by atoms with Gasteiger partial charge < -0.3 is 5.32 Å². The van der Waals surface area contributed by atoms with Gasteiger partial charge >= 0.3 is 4.87 Å². The second kappa shape index (κ2) is 11.4. The van der Waals surface area contributed by atoms with Crippen molar-refractivity contribution in [3.8, 4) is 0 Å². The Morgan fingerprint density at radius 1 is 0.870 bits per heavy atom. The molecule has 0 radical (unpaired) electrons. The second-order valence-electron chi connectivity index (χ2n) is 12.6. The number of nitrogens with one attached hydrogen (secondary N) is 1. The Kier molecular flexibility index (Phi) is 7.44. The van der Waals surface area contributed by atoms with Crippen molar-refractivity contribution in [1.29, 1.82) is 0 Å². The number of hydrogen-bond acceptors (Lipinski definition) is 6. The number of rotatable bonds is 5. The molecule has 10 heteroatoms. The molecule has 0 aliphatic carbocycles. The lowest BCUT2D eigenvalue weighted by Crippen LogP contribution is -2.33. The van der Waals surface area contributed by atoms with Crippen molar-refractivity contribution in [1.82, 2.24) is 4.57 Å². The van der Waals surface area contributed by atoms with Gasteiger partial charge in [0, 0.05) is 21.9 Å². The molecule has 4 aromatic carbocycles. The number of fused-ring (bicyclic) bond motifs is 3. The van der Waals surface area contributed by atoms with Gasteiger partial charge in [-0.25, -0.2) is 9.29 Å². The van der Waals surface area contributed by atoms with Gasteiger partial charge in [0.2, 0.25) is 17.7 Å². The average Bonchev–Trinajstić information content (AvgIpc) is 3.47. The van der Waals surface area contributed by atoms with Crippen LogP contribution in [0.2, 0.25) is 0 Å². The lowest BCUT2D eigenvalue weighted by molar-refractivity contribution is -0.122. The van der Waals surface area contributed by atoms with E-state index in [1.165, 1.54) is 28.8 Å². The topological polar surface area (TPSA) is 88.5 Å². The number of halogens is 1. The Morgan fingerprint density at radius 2 is 1.57 bits per heavy atom. The Balaban J connectivity index is 1.29. The third-order valence-electron chi connectivity index (χ3n) is 8.64. The first-order valence-electron chi connectivity index (χ1n) is 14.9. The Labute approximate surface area is 273 Å². The second-order valence-corrected chi connectivity index (χ2v) is 14.7. The van der Waals surface area contributed by atoms with E-state index in [-0.39, 0.29) is 22.7 Å². The highest BCUT2D eigenvalue weighted by molar-refractivity contribution is 8.00. The molecule has 0 spiro atoms. The van der Waals surface area contributed by atoms with Gasteiger partial charge in [0.1, 0.15) is 17.6 Å². The van der Waals surface area contributed by atoms with Crippen molar-refractivity contribution < 1.29 is 18.8 Å². The first-order chi connectivity index (χ1) is 22.0. The van der Waals surface area contributed by atoms with Gasteiger partial charge in [0.25, 0.3) is 0 Å². The summed E-state index contributed by atoms with van der Waals surface area (Å²) in [6.45, 7) is 6.09. The Morgan fingerprint density at radius 3 is 2.28 bits per heavy atom. The van der Waals surface area contributed by atoms with Gasteiger partial charge in [-0.2, -0.15) is 0 Å². The molecule has 3 atom stereocenters. The third-order valence-corrected chi connectivity index (χ3v) is 11.2. The minimum absolute atomic E-state index is 0.0985. The lowest BCUT2D eigenvalue weighted by Gasteiger charge is -2.31. The summed E-state index contributed by atoms with van der Waals surface area (Å²) in [5, 5.41) is 4.48. The van der Waals surface area contributed by atoms with Crippen molar-refractivity contribution in [2.45, 2.75) is 48.9 Å². The van der Waals surface area contributed by atoms with Gasteiger partial charge in [-0.15, -0.1) is 0 Å². The van der Waals surface area contributed by atoms with Crippen LogP contribution in [0, 0.1) is 11.7 Å². The molecule has 2 unspecified atom stereocenters. The predicted octanol–water partition coefficient (Wildman–Crippen LogP) is 6.93. The number of aromatic nitrogens is 1. The van der Waals surface area contributed by atoms with Gasteiger partial charge in [-0.05, 0) is 52.3 Å². The van der Waals surface area contributed by atoms with Crippen LogP contribution in [0.25, 0.3) is 10.8 Å². The van der Waals surface area contributed by atoms with E-state index in [1.807, 2.05) is 66.7 Å². The van der Waals surface area contributed by atoms with Crippen molar-refractivity contribution in [2.24, 2.45) is 5.92 Å². The standard InChI is InChI=1S/C36H30FN3O4S2/c1-36(2,3)22-13-11-21(12-14-22)28-29-30(33(43)40(32(29)42)24-17-15-23(37)16-18-24)45-34-31(28)46-35(44)39(34)19-27(41)38-26-10-6-8-20-7-4-5-9-25(20)26/h4-18,28-30H,19H2,1-3H3,(H,38,41)/t28-,29?,30?/m1/s1. The third kappa shape index (κ3) is 5.15. The van der Waals surface area contributed by atoms with Crippen molar-refractivity contribution >= 4 is 63.0 Å². The van der Waals surface area contributed by atoms with Crippen LogP contribution in [-0.4, -0.2) is 27.5 Å². The fourth-order valence-electron chi connectivity index (χ4n) is 6.32. The van der Waals surface area contributed by atoms with E-state index in [0.29, 0.717) is 21.3 Å². The van der Waals surface area contributed by atoms with Gasteiger partial charge in [-0.3, -0.25) is 23.7 Å². The maximum absolute atomic E-state index is 14.1. The Bertz CT molecular complexity index is 2070. The average molecular weight is 652 g/mol. The molecule has 46 heavy (non-hydrogen) atoms. The molecule has 2 aliphatic heterocycles. The summed E-state index contributed by atoms with van der Waals surface area (Å²) >= 11 is 2.16. The van der Waals surface area contributed by atoms with Crippen molar-refractivity contribution in [3.63, 3.8) is 0 Å². The van der Waals surface area contributed by atoms with E-state index in [0.717, 1.165) is 49.9 Å². The summed E-state index contributed by atoms with van der Waals surface area (Å²) in [4.78, 5) is 56.4. The van der Waals surface area contributed by atoms with Crippen LogP contribution in [0.1, 0.15) is 42.7 Å². The monoisotopic (exact) mass is 651 g/mol. The fraction of sp³-hybridized carbons (Fsp3) is 0.222. The van der Waals surface area contributed by atoms with E-state index in [4.69, 9.17) is 0 Å². The van der Waals surface area contributed by atoms with Gasteiger partial charge in [0.05, 0.1) is 16.6 Å². The van der Waals surface area contributed by atoms with Crippen LogP contribution >= 0.6 is 23.1 Å². The van der Waals surface area contributed by atoms with Gasteiger partial charge in [-0.1, -0.05) is 105 Å². The molecule has 1 aromatic heterocycles. The summed E-state index contributed by atoms with van der Waals surface area (Å²) in [5.41, 5.74) is 2.74. The van der Waals surface area contributed by atoms with E-state index in [2.05, 4.69) is 26.1 Å². The molecular formula is C36H30FN3O4S2. The molecule has 232 valence electrons. The molecule has 1 saturated heterocycles. The fourth-order valence-corrected chi connectivity index (χ4v) is 9.09. The highest BCUT2D eigenvalue weighted by Gasteiger charge is 2.56. The molecule has 2 aliphatic rings. The molecule has 1 fully saturated rings. The SMILES string of the molecule is CC(C)(C)c1ccc([C@H]2c3sc(=O)n(CC(=O)Nc4cccc5ccccc45)c3SC3C(=O)N(c4ccc(F)cc4)C(=O)C32)cc1. The van der Waals surface area contributed by atoms with Crippen LogP contribution < -0.4 is 15.1 Å². The van der Waals surface area contributed by atoms with Gasteiger partial charge in [0.15, 0.2) is 0 Å². The number of thiazole rings is 1. The molecule has 0 saturated carbocycles. The Hall–Kier alpha value is -4.54. The van der Waals surface area contributed by atoms with Crippen LogP contribution in [-0.2, 0) is 26.3 Å². The molecule has 5 aromatic rings. The largest absolute Gasteiger partial charge is 0.324 e. The minimum atomic E-state index is -0.835. The first-order valence-corrected chi connectivity index (χ1v) is 16.6. The molecule has 0 bridgehead atoms. The van der Waals surface area contributed by atoms with E-state index < -0.39 is 34.7 Å². The van der Waals surface area contributed by atoms with E-state index >= 15 is 0 Å². The molecule has 3 amide bonds. The maximum Gasteiger partial charge on any atom is 0.308 e. The quantitative estimate of drug-likeness (QED) is 0.208. The molecular weight excluding hydrogens is 622 g/mol. The normalized spacial score (nSPS) is 19.3. The number of carbonyl (C=O) groups excluding carboxylic acids is 3. The zero-order valence-electron chi connectivity index (χ0n) is 25.3. The number of nitrogens with zero attached hydrogens (tertiary/aromatic N) is 2.